The maximum absolute atomic E-state index is 9.85. The summed E-state index contributed by atoms with van der Waals surface area (Å²) in [7, 11) is 0. The van der Waals surface area contributed by atoms with Crippen molar-refractivity contribution in [3.8, 4) is 0 Å². The number of allylic oxidation sites excluding steroid dienone is 2. The number of rotatable bonds is 21. The largest absolute Gasteiger partial charge is 0.394 e. The van der Waals surface area contributed by atoms with E-state index in [1.54, 1.807) is 0 Å². The molecular weight excluding hydrogens is 392 g/mol. The van der Waals surface area contributed by atoms with Gasteiger partial charge < -0.3 is 24.8 Å². The molecule has 0 amide bonds. The monoisotopic (exact) mass is 442 g/mol. The molecule has 5 heteroatoms. The Bertz CT molecular complexity index is 415. The van der Waals surface area contributed by atoms with Crippen LogP contribution in [0.1, 0.15) is 110 Å². The molecule has 0 aromatic rings. The van der Waals surface area contributed by atoms with Crippen molar-refractivity contribution in [1.29, 1.82) is 0 Å². The molecule has 1 aliphatic rings. The molecule has 1 fully saturated rings. The SMILES string of the molecule is CCCCCCCCCC/C=C/CCCCCCCCO[C@H](CO)[C@H]1OC[C@H](O)[C@H]1O. The molecule has 1 rings (SSSR count). The minimum atomic E-state index is -0.980. The molecule has 4 atom stereocenters. The number of hydrogen-bond acceptors (Lipinski definition) is 5. The van der Waals surface area contributed by atoms with Gasteiger partial charge in [-0.15, -0.1) is 0 Å². The predicted octanol–water partition coefficient (Wildman–Crippen LogP) is 5.30. The van der Waals surface area contributed by atoms with Crippen LogP contribution in [0.15, 0.2) is 12.2 Å². The maximum atomic E-state index is 9.85. The van der Waals surface area contributed by atoms with E-state index in [1.807, 2.05) is 0 Å². The van der Waals surface area contributed by atoms with Crippen LogP contribution < -0.4 is 0 Å². The molecule has 0 unspecified atom stereocenters. The molecule has 0 radical (unpaired) electrons. The average molecular weight is 443 g/mol. The molecule has 0 aromatic heterocycles. The van der Waals surface area contributed by atoms with Gasteiger partial charge in [0.2, 0.25) is 0 Å². The zero-order chi connectivity index (χ0) is 22.6. The van der Waals surface area contributed by atoms with Gasteiger partial charge in [-0.05, 0) is 32.1 Å². The quantitative estimate of drug-likeness (QED) is 0.166. The summed E-state index contributed by atoms with van der Waals surface area (Å²) in [5.41, 5.74) is 0. The van der Waals surface area contributed by atoms with E-state index in [-0.39, 0.29) is 13.2 Å². The van der Waals surface area contributed by atoms with E-state index < -0.39 is 24.4 Å². The molecule has 3 N–H and O–H groups in total. The van der Waals surface area contributed by atoms with E-state index in [9.17, 15) is 15.3 Å². The lowest BCUT2D eigenvalue weighted by Crippen LogP contribution is -2.42. The summed E-state index contributed by atoms with van der Waals surface area (Å²) in [6, 6.07) is 0. The van der Waals surface area contributed by atoms with Gasteiger partial charge in [0.05, 0.1) is 13.2 Å². The Labute approximate surface area is 191 Å². The second-order valence-electron chi connectivity index (χ2n) is 9.09. The molecule has 0 aromatic carbocycles. The van der Waals surface area contributed by atoms with Crippen LogP contribution in [-0.4, -0.2) is 59.6 Å². The van der Waals surface area contributed by atoms with Crippen molar-refractivity contribution < 1.29 is 24.8 Å². The minimum Gasteiger partial charge on any atom is -0.394 e. The fraction of sp³-hybridized carbons (Fsp3) is 0.923. The van der Waals surface area contributed by atoms with E-state index >= 15 is 0 Å². The highest BCUT2D eigenvalue weighted by atomic mass is 16.6. The van der Waals surface area contributed by atoms with Gasteiger partial charge in [-0.25, -0.2) is 0 Å². The normalized spacial score (nSPS) is 22.5. The van der Waals surface area contributed by atoms with Gasteiger partial charge in [-0.2, -0.15) is 0 Å². The summed E-state index contributed by atoms with van der Waals surface area (Å²) in [4.78, 5) is 0. The second-order valence-corrected chi connectivity index (χ2v) is 9.09. The van der Waals surface area contributed by atoms with Gasteiger partial charge >= 0.3 is 0 Å². The van der Waals surface area contributed by atoms with Gasteiger partial charge in [0.25, 0.3) is 0 Å². The van der Waals surface area contributed by atoms with E-state index in [1.165, 1.54) is 89.9 Å². The van der Waals surface area contributed by atoms with Crippen molar-refractivity contribution in [2.75, 3.05) is 19.8 Å². The Morgan fingerprint density at radius 1 is 0.806 bits per heavy atom. The first-order valence-electron chi connectivity index (χ1n) is 13.1. The van der Waals surface area contributed by atoms with Gasteiger partial charge in [-0.1, -0.05) is 89.7 Å². The zero-order valence-electron chi connectivity index (χ0n) is 20.1. The molecule has 0 aliphatic carbocycles. The standard InChI is InChI=1S/C26H50O5/c1-2-3-4-5-6-7-8-9-10-11-12-13-14-15-16-17-18-19-20-30-24(21-27)26-25(29)23(28)22-31-26/h11-12,23-29H,2-10,13-22H2,1H3/b12-11+/t23-,24+,25+,26+/m0/s1. The van der Waals surface area contributed by atoms with Gasteiger partial charge in [-0.3, -0.25) is 0 Å². The van der Waals surface area contributed by atoms with Crippen molar-refractivity contribution in [2.24, 2.45) is 0 Å². The zero-order valence-corrected chi connectivity index (χ0v) is 20.1. The van der Waals surface area contributed by atoms with Gasteiger partial charge in [0.15, 0.2) is 0 Å². The van der Waals surface area contributed by atoms with E-state index in [0.29, 0.717) is 6.61 Å². The molecule has 184 valence electrons. The van der Waals surface area contributed by atoms with Gasteiger partial charge in [0.1, 0.15) is 24.4 Å². The number of hydrogen-bond donors (Lipinski definition) is 3. The van der Waals surface area contributed by atoms with Crippen LogP contribution in [0.4, 0.5) is 0 Å². The Balaban J connectivity index is 1.82. The Morgan fingerprint density at radius 3 is 1.81 bits per heavy atom. The molecular formula is C26H50O5. The van der Waals surface area contributed by atoms with Crippen LogP contribution in [0.5, 0.6) is 0 Å². The molecule has 1 saturated heterocycles. The topological polar surface area (TPSA) is 79.2 Å². The first kappa shape index (κ1) is 28.6. The number of aliphatic hydroxyl groups excluding tert-OH is 3. The molecule has 5 nitrogen and oxygen atoms in total. The third-order valence-corrected chi connectivity index (χ3v) is 6.22. The Hall–Kier alpha value is -0.460. The van der Waals surface area contributed by atoms with E-state index in [2.05, 4.69) is 19.1 Å². The van der Waals surface area contributed by atoms with E-state index in [4.69, 9.17) is 9.47 Å². The lowest BCUT2D eigenvalue weighted by molar-refractivity contribution is -0.101. The highest BCUT2D eigenvalue weighted by molar-refractivity contribution is 4.88. The highest BCUT2D eigenvalue weighted by Gasteiger charge is 2.40. The Kier molecular flexibility index (Phi) is 18.6. The van der Waals surface area contributed by atoms with Crippen LogP contribution in [-0.2, 0) is 9.47 Å². The smallest absolute Gasteiger partial charge is 0.114 e. The van der Waals surface area contributed by atoms with Crippen molar-refractivity contribution in [3.05, 3.63) is 12.2 Å². The number of ether oxygens (including phenoxy) is 2. The number of aliphatic hydroxyl groups is 3. The predicted molar refractivity (Wildman–Crippen MR) is 127 cm³/mol. The molecule has 0 saturated carbocycles. The van der Waals surface area contributed by atoms with Crippen LogP contribution in [0, 0.1) is 0 Å². The van der Waals surface area contributed by atoms with Crippen molar-refractivity contribution >= 4 is 0 Å². The second kappa shape index (κ2) is 20.2. The molecule has 31 heavy (non-hydrogen) atoms. The Morgan fingerprint density at radius 2 is 1.32 bits per heavy atom. The summed E-state index contributed by atoms with van der Waals surface area (Å²) in [6.07, 6.45) is 22.3. The van der Waals surface area contributed by atoms with Gasteiger partial charge in [0, 0.05) is 6.61 Å². The molecule has 1 heterocycles. The van der Waals surface area contributed by atoms with Crippen LogP contribution >= 0.6 is 0 Å². The van der Waals surface area contributed by atoms with Crippen molar-refractivity contribution in [3.63, 3.8) is 0 Å². The van der Waals surface area contributed by atoms with Crippen molar-refractivity contribution in [1.82, 2.24) is 0 Å². The third kappa shape index (κ3) is 14.3. The highest BCUT2D eigenvalue weighted by Crippen LogP contribution is 2.20. The average Bonchev–Trinajstić information content (AvgIpc) is 3.11. The van der Waals surface area contributed by atoms with Crippen LogP contribution in [0.2, 0.25) is 0 Å². The van der Waals surface area contributed by atoms with Crippen LogP contribution in [0.3, 0.4) is 0 Å². The molecule has 0 spiro atoms. The molecule has 0 bridgehead atoms. The minimum absolute atomic E-state index is 0.0973. The summed E-state index contributed by atoms with van der Waals surface area (Å²) in [6.45, 7) is 2.71. The lowest BCUT2D eigenvalue weighted by atomic mass is 10.1. The summed E-state index contributed by atoms with van der Waals surface area (Å²) < 4.78 is 11.0. The summed E-state index contributed by atoms with van der Waals surface area (Å²) >= 11 is 0. The van der Waals surface area contributed by atoms with E-state index in [0.717, 1.165) is 12.8 Å². The molecule has 1 aliphatic heterocycles. The van der Waals surface area contributed by atoms with Crippen molar-refractivity contribution in [2.45, 2.75) is 134 Å². The first-order valence-corrected chi connectivity index (χ1v) is 13.1. The summed E-state index contributed by atoms with van der Waals surface area (Å²) in [5, 5.41) is 28.8. The third-order valence-electron chi connectivity index (χ3n) is 6.22. The fourth-order valence-electron chi connectivity index (χ4n) is 4.14. The first-order chi connectivity index (χ1) is 15.2. The fourth-order valence-corrected chi connectivity index (χ4v) is 4.14. The maximum Gasteiger partial charge on any atom is 0.114 e. The van der Waals surface area contributed by atoms with Crippen LogP contribution in [0.25, 0.3) is 0 Å². The summed E-state index contributed by atoms with van der Waals surface area (Å²) in [5.74, 6) is 0. The number of unbranched alkanes of at least 4 members (excludes halogenated alkanes) is 14. The lowest BCUT2D eigenvalue weighted by Gasteiger charge is -2.24.